The maximum atomic E-state index is 12.6. The van der Waals surface area contributed by atoms with Gasteiger partial charge in [0.2, 0.25) is 5.91 Å². The van der Waals surface area contributed by atoms with Crippen molar-refractivity contribution in [3.8, 4) is 0 Å². The third kappa shape index (κ3) is 6.44. The lowest BCUT2D eigenvalue weighted by atomic mass is 10.2. The molecule has 26 heavy (non-hydrogen) atoms. The van der Waals surface area contributed by atoms with Crippen LogP contribution in [0.3, 0.4) is 0 Å². The van der Waals surface area contributed by atoms with E-state index >= 15 is 0 Å². The third-order valence-electron chi connectivity index (χ3n) is 5.37. The molecule has 0 aliphatic carbocycles. The molecule has 1 amide bonds. The van der Waals surface area contributed by atoms with Crippen LogP contribution in [0, 0.1) is 0 Å². The van der Waals surface area contributed by atoms with Gasteiger partial charge in [-0.15, -0.1) is 24.0 Å². The number of carbonyl (C=O) groups is 1. The number of likely N-dealkylation sites (tertiary alicyclic amines) is 1. The number of nitrogens with zero attached hydrogens (tertiary/aromatic N) is 4. The van der Waals surface area contributed by atoms with E-state index < -0.39 is 0 Å². The summed E-state index contributed by atoms with van der Waals surface area (Å²) in [5.74, 6) is 1.27. The highest BCUT2D eigenvalue weighted by Gasteiger charge is 2.30. The van der Waals surface area contributed by atoms with Gasteiger partial charge in [-0.2, -0.15) is 11.8 Å². The van der Waals surface area contributed by atoms with Gasteiger partial charge in [0.25, 0.3) is 0 Å². The normalized spacial score (nSPS) is 20.7. The van der Waals surface area contributed by atoms with Crippen LogP contribution in [0.15, 0.2) is 4.99 Å². The smallest absolute Gasteiger partial charge is 0.239 e. The zero-order valence-corrected chi connectivity index (χ0v) is 20.1. The molecule has 0 aromatic rings. The van der Waals surface area contributed by atoms with Crippen molar-refractivity contribution in [2.45, 2.75) is 44.4 Å². The van der Waals surface area contributed by atoms with E-state index in [1.54, 1.807) is 0 Å². The summed E-state index contributed by atoms with van der Waals surface area (Å²) < 4.78 is 0.189. The van der Waals surface area contributed by atoms with Crippen LogP contribution in [0.25, 0.3) is 0 Å². The van der Waals surface area contributed by atoms with Gasteiger partial charge in [0.1, 0.15) is 0 Å². The average Bonchev–Trinajstić information content (AvgIpc) is 3.16. The molecule has 0 bridgehead atoms. The fourth-order valence-electron chi connectivity index (χ4n) is 3.38. The highest BCUT2D eigenvalue weighted by molar-refractivity contribution is 14.0. The van der Waals surface area contributed by atoms with Crippen molar-refractivity contribution < 1.29 is 4.79 Å². The van der Waals surface area contributed by atoms with E-state index in [0.717, 1.165) is 64.6 Å². The van der Waals surface area contributed by atoms with Crippen LogP contribution in [0.5, 0.6) is 0 Å². The van der Waals surface area contributed by atoms with E-state index in [2.05, 4.69) is 47.1 Å². The number of amides is 1. The van der Waals surface area contributed by atoms with Crippen molar-refractivity contribution in [3.05, 3.63) is 0 Å². The van der Waals surface area contributed by atoms with Crippen molar-refractivity contribution in [1.29, 1.82) is 0 Å². The Morgan fingerprint density at radius 1 is 1.12 bits per heavy atom. The lowest BCUT2D eigenvalue weighted by molar-refractivity contribution is -0.135. The van der Waals surface area contributed by atoms with Crippen LogP contribution in [0.4, 0.5) is 0 Å². The zero-order chi connectivity index (χ0) is 18.4. The van der Waals surface area contributed by atoms with Crippen molar-refractivity contribution in [1.82, 2.24) is 20.0 Å². The Balaban J connectivity index is 0.00000338. The minimum Gasteiger partial charge on any atom is -0.355 e. The van der Waals surface area contributed by atoms with Crippen LogP contribution >= 0.6 is 35.7 Å². The van der Waals surface area contributed by atoms with Crippen LogP contribution in [0.2, 0.25) is 0 Å². The Labute approximate surface area is 180 Å². The molecule has 1 N–H and O–H groups in total. The Morgan fingerprint density at radius 2 is 1.69 bits per heavy atom. The fourth-order valence-corrected chi connectivity index (χ4v) is 3.59. The minimum atomic E-state index is -0.00866. The number of halogens is 1. The van der Waals surface area contributed by atoms with Gasteiger partial charge < -0.3 is 15.1 Å². The first-order valence-corrected chi connectivity index (χ1v) is 10.6. The third-order valence-corrected chi connectivity index (χ3v) is 6.62. The summed E-state index contributed by atoms with van der Waals surface area (Å²) in [7, 11) is 1.85. The monoisotopic (exact) mass is 497 g/mol. The summed E-state index contributed by atoms with van der Waals surface area (Å²) >= 11 is 1.86. The molecule has 0 aromatic heterocycles. The first-order chi connectivity index (χ1) is 11.9. The SMILES string of the molecule is CN=C(NCC(C)(C)SC)N1CCN(C(C)C(=O)N2CCCC2)CC1.I. The summed E-state index contributed by atoms with van der Waals surface area (Å²) in [5.41, 5.74) is 0. The highest BCUT2D eigenvalue weighted by Crippen LogP contribution is 2.20. The van der Waals surface area contributed by atoms with Gasteiger partial charge in [0.15, 0.2) is 5.96 Å². The molecule has 2 saturated heterocycles. The molecule has 2 fully saturated rings. The number of aliphatic imine (C=N–C) groups is 1. The number of carbonyl (C=O) groups excluding carboxylic acids is 1. The second kappa shape index (κ2) is 10.9. The molecule has 2 aliphatic heterocycles. The van der Waals surface area contributed by atoms with Crippen LogP contribution in [0.1, 0.15) is 33.6 Å². The number of nitrogens with one attached hydrogen (secondary N) is 1. The first kappa shape index (κ1) is 23.8. The topological polar surface area (TPSA) is 51.2 Å². The van der Waals surface area contributed by atoms with Gasteiger partial charge in [0.05, 0.1) is 6.04 Å². The maximum absolute atomic E-state index is 12.6. The van der Waals surface area contributed by atoms with E-state index in [1.807, 2.05) is 23.7 Å². The predicted molar refractivity (Wildman–Crippen MR) is 123 cm³/mol. The predicted octanol–water partition coefficient (Wildman–Crippen LogP) is 1.95. The lowest BCUT2D eigenvalue weighted by Crippen LogP contribution is -2.57. The van der Waals surface area contributed by atoms with Crippen molar-refractivity contribution >= 4 is 47.6 Å². The molecule has 1 atom stereocenters. The number of rotatable bonds is 5. The van der Waals surface area contributed by atoms with Gasteiger partial charge in [-0.1, -0.05) is 0 Å². The van der Waals surface area contributed by atoms with Gasteiger partial charge in [-0.05, 0) is 39.9 Å². The van der Waals surface area contributed by atoms with Gasteiger partial charge in [-0.25, -0.2) is 0 Å². The van der Waals surface area contributed by atoms with Crippen molar-refractivity contribution in [3.63, 3.8) is 0 Å². The van der Waals surface area contributed by atoms with E-state index in [-0.39, 0.29) is 34.8 Å². The largest absolute Gasteiger partial charge is 0.355 e. The Morgan fingerprint density at radius 3 is 2.19 bits per heavy atom. The second-order valence-corrected chi connectivity index (χ2v) is 9.11. The summed E-state index contributed by atoms with van der Waals surface area (Å²) in [5, 5.41) is 3.50. The summed E-state index contributed by atoms with van der Waals surface area (Å²) in [6.07, 6.45) is 4.45. The van der Waals surface area contributed by atoms with Crippen LogP contribution in [-0.4, -0.2) is 96.5 Å². The molecular weight excluding hydrogens is 461 g/mol. The molecule has 0 saturated carbocycles. The van der Waals surface area contributed by atoms with E-state index in [1.165, 1.54) is 0 Å². The molecule has 6 nitrogen and oxygen atoms in total. The van der Waals surface area contributed by atoms with E-state index in [0.29, 0.717) is 5.91 Å². The molecular formula is C18H36IN5OS. The Hall–Kier alpha value is -0.220. The number of piperazine rings is 1. The highest BCUT2D eigenvalue weighted by atomic mass is 127. The zero-order valence-electron chi connectivity index (χ0n) is 17.0. The number of thioether (sulfide) groups is 1. The van der Waals surface area contributed by atoms with Crippen molar-refractivity contribution in [2.75, 3.05) is 59.1 Å². The molecule has 2 heterocycles. The van der Waals surface area contributed by atoms with E-state index in [4.69, 9.17) is 0 Å². The van der Waals surface area contributed by atoms with Gasteiger partial charge in [-0.3, -0.25) is 14.7 Å². The fraction of sp³-hybridized carbons (Fsp3) is 0.889. The first-order valence-electron chi connectivity index (χ1n) is 9.41. The van der Waals surface area contributed by atoms with Gasteiger partial charge >= 0.3 is 0 Å². The molecule has 0 aromatic carbocycles. The molecule has 152 valence electrons. The quantitative estimate of drug-likeness (QED) is 0.358. The molecule has 1 unspecified atom stereocenters. The summed E-state index contributed by atoms with van der Waals surface area (Å²) in [6, 6.07) is -0.00866. The number of guanidine groups is 1. The maximum Gasteiger partial charge on any atom is 0.239 e. The van der Waals surface area contributed by atoms with Gasteiger partial charge in [0, 0.05) is 57.6 Å². The molecule has 2 rings (SSSR count). The Bertz CT molecular complexity index is 474. The van der Waals surface area contributed by atoms with Crippen LogP contribution < -0.4 is 5.32 Å². The minimum absolute atomic E-state index is 0. The van der Waals surface area contributed by atoms with Crippen LogP contribution in [-0.2, 0) is 4.79 Å². The summed E-state index contributed by atoms with van der Waals surface area (Å²) in [6.45, 7) is 12.9. The number of hydrogen-bond acceptors (Lipinski definition) is 4. The molecule has 8 heteroatoms. The standard InChI is InChI=1S/C18H35N5OS.HI/c1-15(16(24)22-8-6-7-9-22)21-10-12-23(13-11-21)17(19-4)20-14-18(2,3)25-5;/h15H,6-14H2,1-5H3,(H,19,20);1H. The van der Waals surface area contributed by atoms with E-state index in [9.17, 15) is 4.79 Å². The molecule has 0 radical (unpaired) electrons. The van der Waals surface area contributed by atoms with Crippen molar-refractivity contribution in [2.24, 2.45) is 4.99 Å². The molecule has 2 aliphatic rings. The summed E-state index contributed by atoms with van der Waals surface area (Å²) in [4.78, 5) is 23.7. The lowest BCUT2D eigenvalue weighted by Gasteiger charge is -2.40. The Kier molecular flexibility index (Phi) is 10.0. The molecule has 0 spiro atoms. The average molecular weight is 497 g/mol. The number of hydrogen-bond donors (Lipinski definition) is 1. The second-order valence-electron chi connectivity index (χ2n) is 7.60.